The van der Waals surface area contributed by atoms with Gasteiger partial charge in [0.25, 0.3) is 5.91 Å². The molecule has 0 bridgehead atoms. The normalized spacial score (nSPS) is 23.2. The van der Waals surface area contributed by atoms with Crippen LogP contribution in [0, 0.1) is 11.8 Å². The Morgan fingerprint density at radius 3 is 2.25 bits per heavy atom. The number of benzene rings is 2. The van der Waals surface area contributed by atoms with Crippen LogP contribution < -0.4 is 0 Å². The number of carboxylic acids is 1. The van der Waals surface area contributed by atoms with Gasteiger partial charge in [-0.05, 0) is 73.4 Å². The standard InChI is InChI=1S/C25H26Cl2N2O3/c1-15(2)17-7-9-25(10-8-17)28-22(19-11-20(26)13-21(27)12-19)23(30)29(25)14-16-3-5-18(6-4-16)24(31)32/h3-6,11-13,15,17H,7-10,14H2,1-2H3,(H,31,32). The maximum absolute atomic E-state index is 13.6. The van der Waals surface area contributed by atoms with Crippen LogP contribution in [0.2, 0.25) is 10.0 Å². The Morgan fingerprint density at radius 2 is 1.72 bits per heavy atom. The van der Waals surface area contributed by atoms with E-state index in [1.807, 2.05) is 4.90 Å². The van der Waals surface area contributed by atoms with Gasteiger partial charge in [-0.1, -0.05) is 49.2 Å². The van der Waals surface area contributed by atoms with Crippen LogP contribution in [-0.4, -0.2) is 33.3 Å². The molecule has 0 saturated heterocycles. The lowest BCUT2D eigenvalue weighted by atomic mass is 9.76. The summed E-state index contributed by atoms with van der Waals surface area (Å²) in [7, 11) is 0. The van der Waals surface area contributed by atoms with Crippen molar-refractivity contribution < 1.29 is 14.7 Å². The first-order valence-corrected chi connectivity index (χ1v) is 11.6. The predicted octanol–water partition coefficient (Wildman–Crippen LogP) is 6.07. The lowest BCUT2D eigenvalue weighted by Gasteiger charge is -2.42. The Morgan fingerprint density at radius 1 is 1.12 bits per heavy atom. The van der Waals surface area contributed by atoms with Crippen molar-refractivity contribution in [1.82, 2.24) is 4.90 Å². The molecule has 0 radical (unpaired) electrons. The molecular weight excluding hydrogens is 447 g/mol. The molecule has 5 nitrogen and oxygen atoms in total. The SMILES string of the molecule is CC(C)C1CCC2(CC1)N=C(c1cc(Cl)cc(Cl)c1)C(=O)N2Cc1ccc(C(=O)O)cc1. The predicted molar refractivity (Wildman–Crippen MR) is 126 cm³/mol. The topological polar surface area (TPSA) is 70.0 Å². The number of carbonyl (C=O) groups excluding carboxylic acids is 1. The highest BCUT2D eigenvalue weighted by Crippen LogP contribution is 2.44. The van der Waals surface area contributed by atoms with E-state index in [1.54, 1.807) is 42.5 Å². The van der Waals surface area contributed by atoms with Crippen molar-refractivity contribution >= 4 is 40.8 Å². The molecule has 1 saturated carbocycles. The molecule has 7 heteroatoms. The molecule has 1 aliphatic heterocycles. The van der Waals surface area contributed by atoms with Crippen molar-refractivity contribution in [2.24, 2.45) is 16.8 Å². The molecule has 2 aromatic rings. The van der Waals surface area contributed by atoms with Crippen molar-refractivity contribution in [3.8, 4) is 0 Å². The van der Waals surface area contributed by atoms with E-state index in [-0.39, 0.29) is 11.5 Å². The van der Waals surface area contributed by atoms with Gasteiger partial charge in [0.05, 0.1) is 5.56 Å². The molecule has 0 unspecified atom stereocenters. The second kappa shape index (κ2) is 8.87. The van der Waals surface area contributed by atoms with Crippen molar-refractivity contribution in [2.75, 3.05) is 0 Å². The number of rotatable bonds is 5. The molecule has 1 fully saturated rings. The molecule has 4 rings (SSSR count). The summed E-state index contributed by atoms with van der Waals surface area (Å²) in [5, 5.41) is 10.1. The second-order valence-corrected chi connectivity index (χ2v) is 9.95. The van der Waals surface area contributed by atoms with Gasteiger partial charge in [0.1, 0.15) is 11.4 Å². The monoisotopic (exact) mass is 472 g/mol. The third-order valence-electron chi connectivity index (χ3n) is 6.72. The summed E-state index contributed by atoms with van der Waals surface area (Å²) in [5.74, 6) is 0.0957. The van der Waals surface area contributed by atoms with Gasteiger partial charge in [-0.25, -0.2) is 4.79 Å². The number of carboxylic acid groups (broad SMARTS) is 1. The number of amides is 1. The molecule has 1 heterocycles. The van der Waals surface area contributed by atoms with E-state index in [0.717, 1.165) is 31.2 Å². The minimum absolute atomic E-state index is 0.145. The van der Waals surface area contributed by atoms with Gasteiger partial charge < -0.3 is 10.0 Å². The molecule has 32 heavy (non-hydrogen) atoms. The van der Waals surface area contributed by atoms with E-state index in [4.69, 9.17) is 28.2 Å². The largest absolute Gasteiger partial charge is 0.478 e. The molecule has 0 atom stereocenters. The number of hydrogen-bond donors (Lipinski definition) is 1. The first-order chi connectivity index (χ1) is 15.2. The molecule has 2 aliphatic rings. The van der Waals surface area contributed by atoms with E-state index in [0.29, 0.717) is 39.7 Å². The highest BCUT2D eigenvalue weighted by molar-refractivity contribution is 6.47. The van der Waals surface area contributed by atoms with Crippen molar-refractivity contribution in [2.45, 2.75) is 51.7 Å². The lowest BCUT2D eigenvalue weighted by Crippen LogP contribution is -2.48. The number of carbonyl (C=O) groups is 2. The summed E-state index contributed by atoms with van der Waals surface area (Å²) in [4.78, 5) is 31.7. The zero-order valence-corrected chi connectivity index (χ0v) is 19.7. The van der Waals surface area contributed by atoms with E-state index >= 15 is 0 Å². The van der Waals surface area contributed by atoms with Gasteiger partial charge in [-0.15, -0.1) is 0 Å². The minimum Gasteiger partial charge on any atom is -0.478 e. The number of hydrogen-bond acceptors (Lipinski definition) is 3. The Hall–Kier alpha value is -2.37. The van der Waals surface area contributed by atoms with Crippen LogP contribution in [0.5, 0.6) is 0 Å². The molecule has 0 aromatic heterocycles. The van der Waals surface area contributed by atoms with Gasteiger partial charge in [0.15, 0.2) is 0 Å². The number of halogens is 2. The van der Waals surface area contributed by atoms with Gasteiger partial charge in [-0.3, -0.25) is 9.79 Å². The van der Waals surface area contributed by atoms with Crippen molar-refractivity contribution in [3.05, 3.63) is 69.2 Å². The maximum Gasteiger partial charge on any atom is 0.335 e. The number of aliphatic imine (C=N–C) groups is 1. The summed E-state index contributed by atoms with van der Waals surface area (Å²) in [6.07, 6.45) is 3.61. The van der Waals surface area contributed by atoms with Crippen LogP contribution >= 0.6 is 23.2 Å². The molecule has 1 spiro atoms. The average Bonchev–Trinajstić information content (AvgIpc) is 3.00. The third-order valence-corrected chi connectivity index (χ3v) is 7.16. The average molecular weight is 473 g/mol. The Kier molecular flexibility index (Phi) is 6.33. The zero-order valence-electron chi connectivity index (χ0n) is 18.1. The number of aromatic carboxylic acids is 1. The lowest BCUT2D eigenvalue weighted by molar-refractivity contribution is -0.130. The molecule has 168 valence electrons. The fourth-order valence-electron chi connectivity index (χ4n) is 4.82. The van der Waals surface area contributed by atoms with Crippen molar-refractivity contribution in [1.29, 1.82) is 0 Å². The van der Waals surface area contributed by atoms with Crippen molar-refractivity contribution in [3.63, 3.8) is 0 Å². The van der Waals surface area contributed by atoms with E-state index in [9.17, 15) is 14.7 Å². The summed E-state index contributed by atoms with van der Waals surface area (Å²) in [5.41, 5.74) is 1.51. The van der Waals surface area contributed by atoms with Gasteiger partial charge in [0.2, 0.25) is 0 Å². The summed E-state index contributed by atoms with van der Waals surface area (Å²) >= 11 is 12.4. The Labute approximate surface area is 198 Å². The first-order valence-electron chi connectivity index (χ1n) is 10.9. The van der Waals surface area contributed by atoms with Crippen LogP contribution in [0.1, 0.15) is 61.0 Å². The summed E-state index contributed by atoms with van der Waals surface area (Å²) in [6.45, 7) is 4.85. The molecule has 1 aliphatic carbocycles. The highest BCUT2D eigenvalue weighted by atomic mass is 35.5. The molecule has 1 amide bonds. The van der Waals surface area contributed by atoms with Gasteiger partial charge in [-0.2, -0.15) is 0 Å². The van der Waals surface area contributed by atoms with E-state index in [1.165, 1.54) is 0 Å². The second-order valence-electron chi connectivity index (χ2n) is 9.08. The molecule has 1 N–H and O–H groups in total. The smallest absolute Gasteiger partial charge is 0.335 e. The number of nitrogens with zero attached hydrogens (tertiary/aromatic N) is 2. The van der Waals surface area contributed by atoms with E-state index < -0.39 is 11.6 Å². The summed E-state index contributed by atoms with van der Waals surface area (Å²) in [6, 6.07) is 11.7. The van der Waals surface area contributed by atoms with Crippen LogP contribution in [-0.2, 0) is 11.3 Å². The third kappa shape index (κ3) is 4.41. The summed E-state index contributed by atoms with van der Waals surface area (Å²) < 4.78 is 0. The van der Waals surface area contributed by atoms with Crippen LogP contribution in [0.3, 0.4) is 0 Å². The van der Waals surface area contributed by atoms with Crippen LogP contribution in [0.4, 0.5) is 0 Å². The Balaban J connectivity index is 1.69. The quantitative estimate of drug-likeness (QED) is 0.574. The molecular formula is C25H26Cl2N2O3. The fourth-order valence-corrected chi connectivity index (χ4v) is 5.34. The Bertz CT molecular complexity index is 1050. The fraction of sp³-hybridized carbons (Fsp3) is 0.400. The minimum atomic E-state index is -0.972. The van der Waals surface area contributed by atoms with E-state index in [2.05, 4.69) is 13.8 Å². The van der Waals surface area contributed by atoms with Crippen LogP contribution in [0.25, 0.3) is 0 Å². The molecule has 2 aromatic carbocycles. The van der Waals surface area contributed by atoms with Crippen LogP contribution in [0.15, 0.2) is 47.5 Å². The zero-order chi connectivity index (χ0) is 23.0. The van der Waals surface area contributed by atoms with Gasteiger partial charge >= 0.3 is 5.97 Å². The van der Waals surface area contributed by atoms with Gasteiger partial charge in [0, 0.05) is 22.2 Å². The maximum atomic E-state index is 13.6. The highest BCUT2D eigenvalue weighted by Gasteiger charge is 2.49. The first kappa shape index (κ1) is 22.8.